The van der Waals surface area contributed by atoms with E-state index in [4.69, 9.17) is 5.73 Å². The number of nitrogens with two attached hydrogens (primary N) is 1. The second kappa shape index (κ2) is 6.36. The number of benzene rings is 1. The third-order valence-electron chi connectivity index (χ3n) is 3.27. The number of nitrogen functional groups attached to an aromatic ring is 1. The molecule has 0 aliphatic heterocycles. The van der Waals surface area contributed by atoms with Gasteiger partial charge in [0.15, 0.2) is 5.13 Å². The zero-order valence-corrected chi connectivity index (χ0v) is 14.6. The molecule has 22 heavy (non-hydrogen) atoms. The minimum Gasteiger partial charge on any atom is -0.375 e. The van der Waals surface area contributed by atoms with Crippen LogP contribution in [0.3, 0.4) is 0 Å². The summed E-state index contributed by atoms with van der Waals surface area (Å²) in [4.78, 5) is 4.38. The van der Waals surface area contributed by atoms with E-state index in [0.29, 0.717) is 18.1 Å². The van der Waals surface area contributed by atoms with Gasteiger partial charge in [-0.3, -0.25) is 0 Å². The highest BCUT2D eigenvalue weighted by Gasteiger charge is 2.17. The highest BCUT2D eigenvalue weighted by molar-refractivity contribution is 7.89. The Balaban J connectivity index is 2.00. The molecule has 0 bridgehead atoms. The number of aromatic nitrogens is 1. The molecular weight excluding hydrogens is 318 g/mol. The quantitative estimate of drug-likeness (QED) is 0.876. The zero-order chi connectivity index (χ0) is 16.4. The number of hydrogen-bond donors (Lipinski definition) is 2. The van der Waals surface area contributed by atoms with Crippen LogP contribution in [0, 0.1) is 0 Å². The minimum atomic E-state index is -3.49. The number of thiazole rings is 1. The third-order valence-corrected chi connectivity index (χ3v) is 5.47. The summed E-state index contributed by atoms with van der Waals surface area (Å²) in [6, 6.07) is 7.00. The van der Waals surface area contributed by atoms with Gasteiger partial charge in [0.2, 0.25) is 10.0 Å². The summed E-state index contributed by atoms with van der Waals surface area (Å²) >= 11 is 1.35. The van der Waals surface area contributed by atoms with Crippen molar-refractivity contribution in [2.75, 3.05) is 12.3 Å². The first-order valence-electron chi connectivity index (χ1n) is 6.98. The lowest BCUT2D eigenvalue weighted by molar-refractivity contribution is 0.578. The van der Waals surface area contributed by atoms with Crippen LogP contribution in [-0.4, -0.2) is 19.9 Å². The smallest absolute Gasteiger partial charge is 0.240 e. The molecule has 3 N–H and O–H groups in total. The third kappa shape index (κ3) is 4.28. The fourth-order valence-electron chi connectivity index (χ4n) is 1.97. The second-order valence-electron chi connectivity index (χ2n) is 6.10. The van der Waals surface area contributed by atoms with Gasteiger partial charge in [0.1, 0.15) is 0 Å². The van der Waals surface area contributed by atoms with E-state index in [9.17, 15) is 8.42 Å². The Morgan fingerprint density at radius 1 is 1.23 bits per heavy atom. The maximum atomic E-state index is 12.2. The molecule has 2 aromatic rings. The summed E-state index contributed by atoms with van der Waals surface area (Å²) in [7, 11) is -3.49. The molecule has 120 valence electrons. The van der Waals surface area contributed by atoms with Crippen LogP contribution >= 0.6 is 11.3 Å². The monoisotopic (exact) mass is 339 g/mol. The van der Waals surface area contributed by atoms with Crippen LogP contribution in [0.25, 0.3) is 0 Å². The summed E-state index contributed by atoms with van der Waals surface area (Å²) in [6.07, 6.45) is 0.521. The normalized spacial score (nSPS) is 12.5. The van der Waals surface area contributed by atoms with Gasteiger partial charge in [-0.05, 0) is 23.1 Å². The van der Waals surface area contributed by atoms with E-state index < -0.39 is 10.0 Å². The van der Waals surface area contributed by atoms with Crippen LogP contribution in [0.1, 0.15) is 32.0 Å². The van der Waals surface area contributed by atoms with Crippen LogP contribution in [0.2, 0.25) is 0 Å². The second-order valence-corrected chi connectivity index (χ2v) is 8.76. The van der Waals surface area contributed by atoms with Gasteiger partial charge in [-0.15, -0.1) is 11.3 Å². The van der Waals surface area contributed by atoms with E-state index in [-0.39, 0.29) is 10.3 Å². The van der Waals surface area contributed by atoms with Crippen molar-refractivity contribution in [2.45, 2.75) is 37.5 Å². The predicted molar refractivity (Wildman–Crippen MR) is 90.6 cm³/mol. The maximum Gasteiger partial charge on any atom is 0.240 e. The highest BCUT2D eigenvalue weighted by atomic mass is 32.2. The molecule has 0 fully saturated rings. The first-order valence-corrected chi connectivity index (χ1v) is 9.35. The summed E-state index contributed by atoms with van der Waals surface area (Å²) in [5, 5.41) is 2.33. The summed E-state index contributed by atoms with van der Waals surface area (Å²) in [5.74, 6) is 0. The molecule has 7 heteroatoms. The van der Waals surface area contributed by atoms with Crippen molar-refractivity contribution in [2.24, 2.45) is 0 Å². The molecule has 0 atom stereocenters. The van der Waals surface area contributed by atoms with Crippen molar-refractivity contribution >= 4 is 26.5 Å². The number of nitrogens with one attached hydrogen (secondary N) is 1. The van der Waals surface area contributed by atoms with Crippen LogP contribution in [0.4, 0.5) is 5.13 Å². The number of anilines is 1. The van der Waals surface area contributed by atoms with Gasteiger partial charge >= 0.3 is 0 Å². The number of sulfonamides is 1. The van der Waals surface area contributed by atoms with Crippen LogP contribution in [-0.2, 0) is 21.9 Å². The summed E-state index contributed by atoms with van der Waals surface area (Å²) in [5.41, 5.74) is 7.45. The van der Waals surface area contributed by atoms with Gasteiger partial charge in [0, 0.05) is 18.3 Å². The Kier molecular flexibility index (Phi) is 4.89. The Bertz CT molecular complexity index is 729. The zero-order valence-electron chi connectivity index (χ0n) is 13.0. The molecule has 1 aromatic carbocycles. The molecule has 0 saturated carbocycles. The SMILES string of the molecule is CC(C)(C)c1ccc(S(=O)(=O)NCCc2csc(N)n2)cc1. The van der Waals surface area contributed by atoms with Crippen molar-refractivity contribution in [3.05, 3.63) is 40.9 Å². The molecule has 0 aliphatic rings. The van der Waals surface area contributed by atoms with E-state index in [2.05, 4.69) is 30.5 Å². The maximum absolute atomic E-state index is 12.2. The number of hydrogen-bond acceptors (Lipinski definition) is 5. The predicted octanol–water partition coefficient (Wildman–Crippen LogP) is 2.54. The lowest BCUT2D eigenvalue weighted by Gasteiger charge is -2.19. The average Bonchev–Trinajstić information content (AvgIpc) is 2.83. The first-order chi connectivity index (χ1) is 10.2. The topological polar surface area (TPSA) is 85.1 Å². The number of rotatable bonds is 5. The fourth-order valence-corrected chi connectivity index (χ4v) is 3.60. The van der Waals surface area contributed by atoms with Gasteiger partial charge in [0.05, 0.1) is 10.6 Å². The van der Waals surface area contributed by atoms with E-state index in [0.717, 1.165) is 11.3 Å². The van der Waals surface area contributed by atoms with Crippen LogP contribution in [0.5, 0.6) is 0 Å². The fraction of sp³-hybridized carbons (Fsp3) is 0.400. The molecule has 0 radical (unpaired) electrons. The molecule has 2 rings (SSSR count). The molecule has 0 spiro atoms. The lowest BCUT2D eigenvalue weighted by atomic mass is 9.87. The molecule has 1 heterocycles. The van der Waals surface area contributed by atoms with E-state index in [1.807, 2.05) is 17.5 Å². The minimum absolute atomic E-state index is 0.000268. The van der Waals surface area contributed by atoms with E-state index >= 15 is 0 Å². The van der Waals surface area contributed by atoms with Gasteiger partial charge in [-0.25, -0.2) is 18.1 Å². The number of nitrogens with zero attached hydrogens (tertiary/aromatic N) is 1. The molecule has 0 aliphatic carbocycles. The summed E-state index contributed by atoms with van der Waals surface area (Å²) in [6.45, 7) is 6.57. The molecule has 5 nitrogen and oxygen atoms in total. The van der Waals surface area contributed by atoms with Crippen molar-refractivity contribution in [3.8, 4) is 0 Å². The first kappa shape index (κ1) is 16.9. The van der Waals surface area contributed by atoms with Crippen LogP contribution in [0.15, 0.2) is 34.5 Å². The largest absolute Gasteiger partial charge is 0.375 e. The van der Waals surface area contributed by atoms with Crippen LogP contribution < -0.4 is 10.5 Å². The van der Waals surface area contributed by atoms with Crippen molar-refractivity contribution < 1.29 is 8.42 Å². The Hall–Kier alpha value is -1.44. The highest BCUT2D eigenvalue weighted by Crippen LogP contribution is 2.23. The van der Waals surface area contributed by atoms with Crippen molar-refractivity contribution in [1.82, 2.24) is 9.71 Å². The molecule has 0 saturated heterocycles. The molecule has 1 aromatic heterocycles. The molecule has 0 unspecified atom stereocenters. The van der Waals surface area contributed by atoms with E-state index in [1.165, 1.54) is 11.3 Å². The Labute approximate surface area is 135 Å². The lowest BCUT2D eigenvalue weighted by Crippen LogP contribution is -2.26. The molecular formula is C15H21N3O2S2. The Morgan fingerprint density at radius 3 is 2.36 bits per heavy atom. The van der Waals surface area contributed by atoms with Crippen molar-refractivity contribution in [1.29, 1.82) is 0 Å². The average molecular weight is 339 g/mol. The van der Waals surface area contributed by atoms with Gasteiger partial charge in [0.25, 0.3) is 0 Å². The summed E-state index contributed by atoms with van der Waals surface area (Å²) < 4.78 is 27.1. The van der Waals surface area contributed by atoms with Gasteiger partial charge < -0.3 is 5.73 Å². The van der Waals surface area contributed by atoms with E-state index in [1.54, 1.807) is 12.1 Å². The van der Waals surface area contributed by atoms with Gasteiger partial charge in [-0.1, -0.05) is 32.9 Å². The van der Waals surface area contributed by atoms with Crippen molar-refractivity contribution in [3.63, 3.8) is 0 Å². The molecule has 0 amide bonds. The van der Waals surface area contributed by atoms with Gasteiger partial charge in [-0.2, -0.15) is 0 Å². The Morgan fingerprint density at radius 2 is 1.86 bits per heavy atom. The standard InChI is InChI=1S/C15H21N3O2S2/c1-15(2,3)11-4-6-13(7-5-11)22(19,20)17-9-8-12-10-21-14(16)18-12/h4-7,10,17H,8-9H2,1-3H3,(H2,16,18).